The third-order valence-electron chi connectivity index (χ3n) is 2.46. The summed E-state index contributed by atoms with van der Waals surface area (Å²) < 4.78 is 0. The van der Waals surface area contributed by atoms with Crippen molar-refractivity contribution in [3.8, 4) is 0 Å². The summed E-state index contributed by atoms with van der Waals surface area (Å²) in [4.78, 5) is 13.4. The zero-order valence-corrected chi connectivity index (χ0v) is 11.3. The summed E-state index contributed by atoms with van der Waals surface area (Å²) in [6, 6.07) is 2.01. The molecule has 2 heterocycles. The minimum Gasteiger partial charge on any atom is -0.293 e. The van der Waals surface area contributed by atoms with E-state index in [4.69, 9.17) is 0 Å². The summed E-state index contributed by atoms with van der Waals surface area (Å²) in [5.41, 5.74) is 0.907. The lowest BCUT2D eigenvalue weighted by Gasteiger charge is -2.26. The molecule has 0 N–H and O–H groups in total. The molecule has 0 spiro atoms. The summed E-state index contributed by atoms with van der Waals surface area (Å²) in [7, 11) is 0. The van der Waals surface area contributed by atoms with E-state index in [1.54, 1.807) is 11.3 Å². The average molecular weight is 258 g/mol. The monoisotopic (exact) mass is 258 g/mol. The van der Waals surface area contributed by atoms with Crippen LogP contribution in [0.15, 0.2) is 11.4 Å². The number of carbonyl (C=O) groups excluding carboxylic acids is 1. The first-order chi connectivity index (χ1) is 7.18. The summed E-state index contributed by atoms with van der Waals surface area (Å²) in [5, 5.41) is 2.61. The molecule has 82 valence electrons. The van der Waals surface area contributed by atoms with Crippen LogP contribution in [0.2, 0.25) is 0 Å². The molecular weight excluding hydrogens is 244 g/mol. The molecule has 15 heavy (non-hydrogen) atoms. The van der Waals surface area contributed by atoms with Gasteiger partial charge in [-0.05, 0) is 13.0 Å². The van der Waals surface area contributed by atoms with Crippen LogP contribution in [0.5, 0.6) is 0 Å². The van der Waals surface area contributed by atoms with E-state index in [0.717, 1.165) is 11.3 Å². The molecule has 0 aromatic carbocycles. The second kappa shape index (κ2) is 4.93. The third-order valence-corrected chi connectivity index (χ3v) is 6.41. The SMILES string of the molecule is Cc1cc(C(=O)C2SCCSC2C)cs1. The Kier molecular flexibility index (Phi) is 3.80. The fraction of sp³-hybridized carbons (Fsp3) is 0.545. The minimum absolute atomic E-state index is 0.165. The molecule has 1 aliphatic heterocycles. The normalized spacial score (nSPS) is 26.5. The molecule has 2 rings (SSSR count). The topological polar surface area (TPSA) is 17.1 Å². The maximum atomic E-state index is 12.2. The van der Waals surface area contributed by atoms with Crippen molar-refractivity contribution in [3.05, 3.63) is 21.9 Å². The number of ketones is 1. The molecule has 0 amide bonds. The van der Waals surface area contributed by atoms with Gasteiger partial charge in [-0.3, -0.25) is 4.79 Å². The van der Waals surface area contributed by atoms with Gasteiger partial charge in [-0.1, -0.05) is 6.92 Å². The Morgan fingerprint density at radius 3 is 2.73 bits per heavy atom. The molecule has 2 unspecified atom stereocenters. The number of Topliss-reactive ketones (excluding diaryl/α,β-unsaturated/α-hetero) is 1. The fourth-order valence-corrected chi connectivity index (χ4v) is 5.07. The van der Waals surface area contributed by atoms with Crippen molar-refractivity contribution in [1.29, 1.82) is 0 Å². The highest BCUT2D eigenvalue weighted by Crippen LogP contribution is 2.33. The smallest absolute Gasteiger partial charge is 0.177 e. The van der Waals surface area contributed by atoms with Gasteiger partial charge in [0.2, 0.25) is 0 Å². The Morgan fingerprint density at radius 1 is 1.40 bits per heavy atom. The number of hydrogen-bond acceptors (Lipinski definition) is 4. The van der Waals surface area contributed by atoms with E-state index in [0.29, 0.717) is 11.0 Å². The lowest BCUT2D eigenvalue weighted by atomic mass is 10.1. The van der Waals surface area contributed by atoms with E-state index in [1.165, 1.54) is 10.6 Å². The highest BCUT2D eigenvalue weighted by Gasteiger charge is 2.29. The number of thiophene rings is 1. The molecule has 0 bridgehead atoms. The van der Waals surface area contributed by atoms with Crippen LogP contribution in [0.1, 0.15) is 22.2 Å². The van der Waals surface area contributed by atoms with Crippen molar-refractivity contribution in [2.45, 2.75) is 24.3 Å². The average Bonchev–Trinajstić information content (AvgIpc) is 2.65. The first-order valence-corrected chi connectivity index (χ1v) is 7.99. The van der Waals surface area contributed by atoms with Crippen molar-refractivity contribution >= 4 is 40.6 Å². The molecule has 2 atom stereocenters. The van der Waals surface area contributed by atoms with Gasteiger partial charge in [0.15, 0.2) is 5.78 Å². The predicted molar refractivity (Wildman–Crippen MR) is 71.6 cm³/mol. The van der Waals surface area contributed by atoms with Crippen LogP contribution in [0, 0.1) is 6.92 Å². The molecular formula is C11H14OS3. The van der Waals surface area contributed by atoms with E-state index < -0.39 is 0 Å². The van der Waals surface area contributed by atoms with Crippen LogP contribution in [0.3, 0.4) is 0 Å². The van der Waals surface area contributed by atoms with Gasteiger partial charge in [0.05, 0.1) is 5.25 Å². The van der Waals surface area contributed by atoms with Crippen LogP contribution in [0.4, 0.5) is 0 Å². The number of hydrogen-bond donors (Lipinski definition) is 0. The van der Waals surface area contributed by atoms with Gasteiger partial charge in [-0.25, -0.2) is 0 Å². The number of rotatable bonds is 2. The number of aryl methyl sites for hydroxylation is 1. The maximum Gasteiger partial charge on any atom is 0.177 e. The standard InChI is InChI=1S/C11H14OS3/c1-7-5-9(6-15-7)10(12)11-8(2)13-3-4-14-11/h5-6,8,11H,3-4H2,1-2H3. The Hall–Kier alpha value is 0.0700. The summed E-state index contributed by atoms with van der Waals surface area (Å²) in [5.74, 6) is 2.61. The summed E-state index contributed by atoms with van der Waals surface area (Å²) in [6.07, 6.45) is 0. The molecule has 0 radical (unpaired) electrons. The van der Waals surface area contributed by atoms with Gasteiger partial charge >= 0.3 is 0 Å². The van der Waals surface area contributed by atoms with Crippen molar-refractivity contribution < 1.29 is 4.79 Å². The highest BCUT2D eigenvalue weighted by molar-refractivity contribution is 8.07. The van der Waals surface area contributed by atoms with Crippen LogP contribution in [-0.2, 0) is 0 Å². The van der Waals surface area contributed by atoms with Gasteiger partial charge < -0.3 is 0 Å². The Labute approximate surface area is 103 Å². The largest absolute Gasteiger partial charge is 0.293 e. The zero-order chi connectivity index (χ0) is 10.8. The minimum atomic E-state index is 0.165. The Morgan fingerprint density at radius 2 is 2.13 bits per heavy atom. The van der Waals surface area contributed by atoms with Crippen LogP contribution < -0.4 is 0 Å². The summed E-state index contributed by atoms with van der Waals surface area (Å²) >= 11 is 5.40. The highest BCUT2D eigenvalue weighted by atomic mass is 32.2. The van der Waals surface area contributed by atoms with Gasteiger partial charge in [0.25, 0.3) is 0 Å². The Bertz CT molecular complexity index is 358. The predicted octanol–water partition coefficient (Wildman–Crippen LogP) is 3.48. The second-order valence-corrected chi connectivity index (χ2v) is 7.53. The van der Waals surface area contributed by atoms with Crippen LogP contribution in [-0.4, -0.2) is 27.8 Å². The maximum absolute atomic E-state index is 12.2. The van der Waals surface area contributed by atoms with E-state index in [-0.39, 0.29) is 5.25 Å². The van der Waals surface area contributed by atoms with E-state index >= 15 is 0 Å². The molecule has 1 saturated heterocycles. The zero-order valence-electron chi connectivity index (χ0n) is 8.86. The van der Waals surface area contributed by atoms with Crippen molar-refractivity contribution in [2.24, 2.45) is 0 Å². The molecule has 1 fully saturated rings. The van der Waals surface area contributed by atoms with Gasteiger partial charge in [-0.15, -0.1) is 23.1 Å². The lowest BCUT2D eigenvalue weighted by Crippen LogP contribution is -2.30. The number of thioether (sulfide) groups is 2. The van der Waals surface area contributed by atoms with Crippen molar-refractivity contribution in [2.75, 3.05) is 11.5 Å². The molecule has 1 aromatic heterocycles. The van der Waals surface area contributed by atoms with Crippen molar-refractivity contribution in [3.63, 3.8) is 0 Å². The molecule has 1 nitrogen and oxygen atoms in total. The summed E-state index contributed by atoms with van der Waals surface area (Å²) in [6.45, 7) is 4.21. The third kappa shape index (κ3) is 2.60. The van der Waals surface area contributed by atoms with E-state index in [9.17, 15) is 4.79 Å². The first kappa shape index (κ1) is 11.6. The second-order valence-electron chi connectivity index (χ2n) is 3.68. The number of carbonyl (C=O) groups is 1. The van der Waals surface area contributed by atoms with Crippen molar-refractivity contribution in [1.82, 2.24) is 0 Å². The van der Waals surface area contributed by atoms with Gasteiger partial charge in [0.1, 0.15) is 0 Å². The lowest BCUT2D eigenvalue weighted by molar-refractivity contribution is 0.0990. The van der Waals surface area contributed by atoms with E-state index in [2.05, 4.69) is 6.92 Å². The van der Waals surface area contributed by atoms with E-state index in [1.807, 2.05) is 41.9 Å². The van der Waals surface area contributed by atoms with Gasteiger partial charge in [0, 0.05) is 32.6 Å². The van der Waals surface area contributed by atoms with Crippen LogP contribution in [0.25, 0.3) is 0 Å². The molecule has 0 saturated carbocycles. The first-order valence-electron chi connectivity index (χ1n) is 5.01. The Balaban J connectivity index is 2.13. The fourth-order valence-electron chi connectivity index (χ4n) is 1.66. The molecule has 1 aromatic rings. The van der Waals surface area contributed by atoms with Crippen LogP contribution >= 0.6 is 34.9 Å². The molecule has 4 heteroatoms. The molecule has 1 aliphatic rings. The quantitative estimate of drug-likeness (QED) is 0.756. The molecule has 0 aliphatic carbocycles. The van der Waals surface area contributed by atoms with Gasteiger partial charge in [-0.2, -0.15) is 11.8 Å².